The average molecular weight is 617 g/mol. The lowest BCUT2D eigenvalue weighted by Gasteiger charge is -2.46. The van der Waals surface area contributed by atoms with Crippen molar-refractivity contribution in [2.75, 3.05) is 54.6 Å². The third-order valence-electron chi connectivity index (χ3n) is 9.86. The number of nitrogens with zero attached hydrogens (tertiary/aromatic N) is 2. The zero-order chi connectivity index (χ0) is 33.4. The molecule has 3 fully saturated rings. The first kappa shape index (κ1) is 44.4. The minimum atomic E-state index is 0.246. The Balaban J connectivity index is 0. The molecule has 3 aliphatic rings. The van der Waals surface area contributed by atoms with Gasteiger partial charge in [0.1, 0.15) is 0 Å². The minimum absolute atomic E-state index is 0.246. The Labute approximate surface area is 267 Å². The Morgan fingerprint density at radius 3 is 2.14 bits per heavy atom. The van der Waals surface area contributed by atoms with Crippen molar-refractivity contribution in [3.8, 4) is 0 Å². The maximum atomic E-state index is 9.03. The third kappa shape index (κ3) is 17.5. The Morgan fingerprint density at radius 2 is 1.65 bits per heavy atom. The fraction of sp³-hybridized carbons (Fsp3) is 0.971. The number of rotatable bonds is 9. The van der Waals surface area contributed by atoms with Gasteiger partial charge in [-0.25, -0.2) is 0 Å². The lowest BCUT2D eigenvalue weighted by molar-refractivity contribution is -0.0536. The summed E-state index contributed by atoms with van der Waals surface area (Å²) in [6, 6.07) is 0.539. The topological polar surface area (TPSA) is 124 Å². The van der Waals surface area contributed by atoms with Crippen LogP contribution in [-0.4, -0.2) is 93.2 Å². The van der Waals surface area contributed by atoms with Gasteiger partial charge in [-0.3, -0.25) is 0 Å². The van der Waals surface area contributed by atoms with Crippen molar-refractivity contribution in [2.45, 2.75) is 125 Å². The molecule has 0 aliphatic heterocycles. The quantitative estimate of drug-likeness (QED) is 0.0896. The first-order valence-electron chi connectivity index (χ1n) is 17.4. The van der Waals surface area contributed by atoms with Crippen molar-refractivity contribution in [3.05, 3.63) is 0 Å². The number of oxime groups is 1. The van der Waals surface area contributed by atoms with E-state index in [2.05, 4.69) is 62.9 Å². The van der Waals surface area contributed by atoms with Crippen LogP contribution in [0.4, 0.5) is 0 Å². The number of hydrogen-bond acceptors (Lipinski definition) is 8. The lowest BCUT2D eigenvalue weighted by atomic mass is 9.65. The van der Waals surface area contributed by atoms with Crippen LogP contribution in [0.3, 0.4) is 0 Å². The standard InChI is InChI=1S/C20H39N3O3.C10H20.C2H6O.C2H6.CH5N/c1-23(2)18-11-15(13-22-25)10-17(12-18)19-7-4-6-16(20(19)26-3)14-21-8-5-9-24;1-8-5-6-9(2)10(3,4)7-8;1-2-3;2*1-2/h13,15-21,24-25H,4-12,14H2,1-3H3;8-9H,5-7H2,1-4H3;3H,2H2,1H3;1-2H3;2H2,1H3/b22-13+;;;;. The SMILES string of the molecule is CC.CC1CCC(C)C(C)(C)C1.CCO.CN.COC1C(CNCCCO)CCCC1C1CC(/C=N/O)CC(N(C)C)C1. The molecule has 43 heavy (non-hydrogen) atoms. The second-order valence-corrected chi connectivity index (χ2v) is 13.5. The van der Waals surface area contributed by atoms with Crippen LogP contribution in [0.5, 0.6) is 0 Å². The van der Waals surface area contributed by atoms with Crippen molar-refractivity contribution in [3.63, 3.8) is 0 Å². The van der Waals surface area contributed by atoms with Crippen molar-refractivity contribution >= 4 is 6.21 Å². The molecule has 0 bridgehead atoms. The number of methoxy groups -OCH3 is 1. The lowest BCUT2D eigenvalue weighted by Crippen LogP contribution is -2.47. The van der Waals surface area contributed by atoms with Gasteiger partial charge in [0, 0.05) is 39.1 Å². The van der Waals surface area contributed by atoms with E-state index in [0.717, 1.165) is 44.2 Å². The van der Waals surface area contributed by atoms with Crippen LogP contribution in [-0.2, 0) is 4.74 Å². The van der Waals surface area contributed by atoms with E-state index in [1.807, 2.05) is 21.0 Å². The van der Waals surface area contributed by atoms with Crippen LogP contribution in [0.15, 0.2) is 5.16 Å². The Kier molecular flexibility index (Phi) is 27.3. The number of aliphatic hydroxyl groups excluding tert-OH is 2. The van der Waals surface area contributed by atoms with Crippen molar-refractivity contribution < 1.29 is 20.2 Å². The number of nitrogens with two attached hydrogens (primary N) is 1. The highest BCUT2D eigenvalue weighted by atomic mass is 16.5. The van der Waals surface area contributed by atoms with E-state index in [4.69, 9.17) is 20.2 Å². The van der Waals surface area contributed by atoms with Crippen molar-refractivity contribution in [2.24, 2.45) is 51.8 Å². The zero-order valence-corrected chi connectivity index (χ0v) is 30.3. The molecule has 8 unspecified atom stereocenters. The highest BCUT2D eigenvalue weighted by molar-refractivity contribution is 5.60. The monoisotopic (exact) mass is 617 g/mol. The summed E-state index contributed by atoms with van der Waals surface area (Å²) in [6.45, 7) is 17.6. The summed E-state index contributed by atoms with van der Waals surface area (Å²) in [4.78, 5) is 2.32. The smallest absolute Gasteiger partial charge is 0.0642 e. The fourth-order valence-electron chi connectivity index (χ4n) is 7.37. The summed E-state index contributed by atoms with van der Waals surface area (Å²) >= 11 is 0. The molecular formula is C35H76N4O4. The van der Waals surface area contributed by atoms with E-state index >= 15 is 0 Å². The van der Waals surface area contributed by atoms with Crippen LogP contribution in [0.25, 0.3) is 0 Å². The molecule has 260 valence electrons. The van der Waals surface area contributed by atoms with Crippen LogP contribution < -0.4 is 11.1 Å². The van der Waals surface area contributed by atoms with E-state index < -0.39 is 0 Å². The molecule has 0 heterocycles. The Hall–Kier alpha value is -0.770. The maximum absolute atomic E-state index is 9.03. The molecule has 0 saturated heterocycles. The molecule has 8 atom stereocenters. The molecule has 0 spiro atoms. The number of nitrogens with one attached hydrogen (secondary N) is 1. The number of hydrogen-bond donors (Lipinski definition) is 5. The minimum Gasteiger partial charge on any atom is -0.411 e. The summed E-state index contributed by atoms with van der Waals surface area (Å²) in [5, 5.41) is 32.4. The largest absolute Gasteiger partial charge is 0.411 e. The van der Waals surface area contributed by atoms with Gasteiger partial charge in [-0.15, -0.1) is 5.16 Å². The summed E-state index contributed by atoms with van der Waals surface area (Å²) in [5.74, 6) is 3.99. The third-order valence-corrected chi connectivity index (χ3v) is 9.86. The molecule has 0 radical (unpaired) electrons. The number of aliphatic hydroxyl groups is 2. The molecule has 0 aromatic heterocycles. The normalized spacial score (nSPS) is 31.7. The number of ether oxygens (including phenoxy) is 1. The predicted molar refractivity (Wildman–Crippen MR) is 185 cm³/mol. The summed E-state index contributed by atoms with van der Waals surface area (Å²) in [6.07, 6.45) is 14.2. The molecule has 6 N–H and O–H groups in total. The first-order valence-corrected chi connectivity index (χ1v) is 17.4. The van der Waals surface area contributed by atoms with Crippen LogP contribution in [0, 0.1) is 40.9 Å². The zero-order valence-electron chi connectivity index (χ0n) is 30.3. The Bertz CT molecular complexity index is 649. The average Bonchev–Trinajstić information content (AvgIpc) is 3.00. The van der Waals surface area contributed by atoms with Gasteiger partial charge >= 0.3 is 0 Å². The van der Waals surface area contributed by atoms with Crippen molar-refractivity contribution in [1.82, 2.24) is 10.2 Å². The predicted octanol–water partition coefficient (Wildman–Crippen LogP) is 6.26. The van der Waals surface area contributed by atoms with Gasteiger partial charge in [0.15, 0.2) is 0 Å². The molecule has 3 rings (SSSR count). The summed E-state index contributed by atoms with van der Waals surface area (Å²) < 4.78 is 6.03. The molecule has 0 aromatic carbocycles. The molecule has 3 aliphatic carbocycles. The molecular weight excluding hydrogens is 540 g/mol. The Morgan fingerprint density at radius 1 is 1.02 bits per heavy atom. The summed E-state index contributed by atoms with van der Waals surface area (Å²) in [5.41, 5.74) is 5.11. The van der Waals surface area contributed by atoms with E-state index in [9.17, 15) is 0 Å². The van der Waals surface area contributed by atoms with E-state index in [1.54, 1.807) is 13.1 Å². The molecule has 8 heteroatoms. The van der Waals surface area contributed by atoms with Gasteiger partial charge in [-0.2, -0.15) is 0 Å². The van der Waals surface area contributed by atoms with Crippen molar-refractivity contribution in [1.29, 1.82) is 0 Å². The van der Waals surface area contributed by atoms with Crippen LogP contribution in [0.1, 0.15) is 113 Å². The molecule has 0 amide bonds. The fourth-order valence-corrected chi connectivity index (χ4v) is 7.37. The summed E-state index contributed by atoms with van der Waals surface area (Å²) in [7, 11) is 7.67. The molecule has 0 aromatic rings. The molecule has 8 nitrogen and oxygen atoms in total. The van der Waals surface area contributed by atoms with Crippen LogP contribution in [0.2, 0.25) is 0 Å². The van der Waals surface area contributed by atoms with E-state index in [1.165, 1.54) is 52.0 Å². The molecule has 3 saturated carbocycles. The van der Waals surface area contributed by atoms with Gasteiger partial charge in [-0.05, 0) is 127 Å². The van der Waals surface area contributed by atoms with Gasteiger partial charge in [0.05, 0.1) is 6.10 Å². The first-order chi connectivity index (χ1) is 20.5. The van der Waals surface area contributed by atoms with E-state index in [0.29, 0.717) is 41.2 Å². The van der Waals surface area contributed by atoms with E-state index in [-0.39, 0.29) is 13.2 Å². The second-order valence-electron chi connectivity index (χ2n) is 13.5. The van der Waals surface area contributed by atoms with Gasteiger partial charge in [-0.1, -0.05) is 54.4 Å². The van der Waals surface area contributed by atoms with Gasteiger partial charge < -0.3 is 36.1 Å². The van der Waals surface area contributed by atoms with Gasteiger partial charge in [0.2, 0.25) is 0 Å². The highest BCUT2D eigenvalue weighted by Gasteiger charge is 2.41. The maximum Gasteiger partial charge on any atom is 0.0642 e. The van der Waals surface area contributed by atoms with Crippen LogP contribution >= 0.6 is 0 Å². The van der Waals surface area contributed by atoms with Gasteiger partial charge in [0.25, 0.3) is 0 Å². The highest BCUT2D eigenvalue weighted by Crippen LogP contribution is 2.44. The second kappa shape index (κ2) is 26.4.